The molecular formula is C16H26O. The monoisotopic (exact) mass is 234 g/mol. The Balaban J connectivity index is 2.09. The third-order valence-electron chi connectivity index (χ3n) is 3.53. The fourth-order valence-electron chi connectivity index (χ4n) is 2.38. The van der Waals surface area contributed by atoms with Crippen LogP contribution in [0.25, 0.3) is 0 Å². The van der Waals surface area contributed by atoms with Crippen LogP contribution >= 0.6 is 0 Å². The van der Waals surface area contributed by atoms with Crippen molar-refractivity contribution in [1.82, 2.24) is 0 Å². The molecule has 1 fully saturated rings. The minimum Gasteiger partial charge on any atom is -0.285 e. The van der Waals surface area contributed by atoms with Crippen LogP contribution in [0.3, 0.4) is 0 Å². The lowest BCUT2D eigenvalue weighted by Crippen LogP contribution is -2.04. The first kappa shape index (κ1) is 14.3. The molecule has 0 aromatic heterocycles. The van der Waals surface area contributed by atoms with E-state index >= 15 is 0 Å². The molecule has 0 aliphatic heterocycles. The van der Waals surface area contributed by atoms with Crippen LogP contribution in [0.15, 0.2) is 0 Å². The van der Waals surface area contributed by atoms with Gasteiger partial charge in [0.1, 0.15) is 0 Å². The van der Waals surface area contributed by atoms with Gasteiger partial charge in [-0.2, -0.15) is 0 Å². The molecule has 1 heteroatoms. The third kappa shape index (κ3) is 7.21. The molecule has 0 N–H and O–H groups in total. The summed E-state index contributed by atoms with van der Waals surface area (Å²) < 4.78 is 0. The van der Waals surface area contributed by atoms with Crippen LogP contribution in [-0.4, -0.2) is 5.78 Å². The van der Waals surface area contributed by atoms with Crippen molar-refractivity contribution in [3.8, 4) is 11.8 Å². The van der Waals surface area contributed by atoms with Gasteiger partial charge in [0.25, 0.3) is 0 Å². The molecule has 0 saturated heterocycles. The highest BCUT2D eigenvalue weighted by molar-refractivity contribution is 5.95. The summed E-state index contributed by atoms with van der Waals surface area (Å²) in [6, 6.07) is 0. The van der Waals surface area contributed by atoms with E-state index in [9.17, 15) is 4.79 Å². The first-order valence-corrected chi connectivity index (χ1v) is 7.37. The fourth-order valence-corrected chi connectivity index (χ4v) is 2.38. The highest BCUT2D eigenvalue weighted by Gasteiger charge is 2.10. The van der Waals surface area contributed by atoms with Gasteiger partial charge in [-0.1, -0.05) is 57.8 Å². The Morgan fingerprint density at radius 2 is 1.76 bits per heavy atom. The molecule has 1 nitrogen and oxygen atoms in total. The van der Waals surface area contributed by atoms with Crippen molar-refractivity contribution in [3.05, 3.63) is 0 Å². The van der Waals surface area contributed by atoms with Crippen LogP contribution in [0.4, 0.5) is 0 Å². The van der Waals surface area contributed by atoms with Gasteiger partial charge >= 0.3 is 0 Å². The second kappa shape index (κ2) is 9.28. The van der Waals surface area contributed by atoms with E-state index < -0.39 is 0 Å². The molecule has 1 aliphatic carbocycles. The first-order chi connectivity index (χ1) is 8.33. The molecule has 0 aromatic rings. The summed E-state index contributed by atoms with van der Waals surface area (Å²) in [5, 5.41) is 0. The zero-order valence-electron chi connectivity index (χ0n) is 11.3. The second-order valence-corrected chi connectivity index (χ2v) is 5.19. The topological polar surface area (TPSA) is 17.1 Å². The van der Waals surface area contributed by atoms with Crippen molar-refractivity contribution < 1.29 is 4.79 Å². The Kier molecular flexibility index (Phi) is 7.80. The van der Waals surface area contributed by atoms with Gasteiger partial charge in [0.05, 0.1) is 0 Å². The number of carbonyl (C=O) groups excluding carboxylic acids is 1. The minimum absolute atomic E-state index is 0.159. The number of ketones is 1. The summed E-state index contributed by atoms with van der Waals surface area (Å²) in [7, 11) is 0. The Labute approximate surface area is 106 Å². The van der Waals surface area contributed by atoms with Gasteiger partial charge in [-0.3, -0.25) is 4.79 Å². The van der Waals surface area contributed by atoms with Crippen LogP contribution in [0, 0.1) is 17.8 Å². The van der Waals surface area contributed by atoms with E-state index in [4.69, 9.17) is 0 Å². The standard InChI is InChI=1S/C16H26O/c1-2-3-4-5-9-12-16(17)14-13-15-10-7-6-8-11-15/h15H,2-12H2,1H3. The van der Waals surface area contributed by atoms with Crippen LogP contribution in [0.1, 0.15) is 77.6 Å². The van der Waals surface area contributed by atoms with Crippen LogP contribution < -0.4 is 0 Å². The Morgan fingerprint density at radius 3 is 2.47 bits per heavy atom. The summed E-state index contributed by atoms with van der Waals surface area (Å²) in [4.78, 5) is 11.5. The lowest BCUT2D eigenvalue weighted by Gasteiger charge is -2.15. The smallest absolute Gasteiger partial charge is 0.205 e. The zero-order chi connectivity index (χ0) is 12.3. The van der Waals surface area contributed by atoms with E-state index in [-0.39, 0.29) is 5.78 Å². The average Bonchev–Trinajstić information content (AvgIpc) is 2.37. The van der Waals surface area contributed by atoms with Crippen molar-refractivity contribution in [2.24, 2.45) is 5.92 Å². The lowest BCUT2D eigenvalue weighted by molar-refractivity contribution is -0.113. The third-order valence-corrected chi connectivity index (χ3v) is 3.53. The molecule has 1 saturated carbocycles. The van der Waals surface area contributed by atoms with Crippen LogP contribution in [-0.2, 0) is 4.79 Å². The molecule has 0 bridgehead atoms. The molecule has 1 rings (SSSR count). The molecule has 0 unspecified atom stereocenters. The van der Waals surface area contributed by atoms with E-state index in [1.165, 1.54) is 57.8 Å². The van der Waals surface area contributed by atoms with Crippen molar-refractivity contribution in [2.45, 2.75) is 77.6 Å². The highest BCUT2D eigenvalue weighted by Crippen LogP contribution is 2.22. The summed E-state index contributed by atoms with van der Waals surface area (Å²) >= 11 is 0. The molecule has 0 radical (unpaired) electrons. The van der Waals surface area contributed by atoms with Crippen molar-refractivity contribution in [3.63, 3.8) is 0 Å². The average molecular weight is 234 g/mol. The molecule has 96 valence electrons. The molecular weight excluding hydrogens is 208 g/mol. The number of hydrogen-bond acceptors (Lipinski definition) is 1. The molecule has 0 heterocycles. The van der Waals surface area contributed by atoms with Gasteiger partial charge in [0.2, 0.25) is 5.78 Å². The molecule has 0 aromatic carbocycles. The van der Waals surface area contributed by atoms with Crippen LogP contribution in [0.2, 0.25) is 0 Å². The molecule has 0 spiro atoms. The summed E-state index contributed by atoms with van der Waals surface area (Å²) in [5.74, 6) is 6.69. The quantitative estimate of drug-likeness (QED) is 0.376. The number of hydrogen-bond donors (Lipinski definition) is 0. The van der Waals surface area contributed by atoms with Crippen molar-refractivity contribution in [2.75, 3.05) is 0 Å². The summed E-state index contributed by atoms with van der Waals surface area (Å²) in [6.45, 7) is 2.21. The van der Waals surface area contributed by atoms with Gasteiger partial charge in [-0.25, -0.2) is 0 Å². The van der Waals surface area contributed by atoms with Crippen molar-refractivity contribution in [1.29, 1.82) is 0 Å². The van der Waals surface area contributed by atoms with E-state index in [0.717, 1.165) is 6.42 Å². The van der Waals surface area contributed by atoms with Gasteiger partial charge in [-0.05, 0) is 25.2 Å². The molecule has 0 atom stereocenters. The van der Waals surface area contributed by atoms with E-state index in [1.807, 2.05) is 0 Å². The lowest BCUT2D eigenvalue weighted by atomic mass is 9.90. The fraction of sp³-hybridized carbons (Fsp3) is 0.812. The van der Waals surface area contributed by atoms with Crippen LogP contribution in [0.5, 0.6) is 0 Å². The highest BCUT2D eigenvalue weighted by atomic mass is 16.1. The largest absolute Gasteiger partial charge is 0.285 e. The van der Waals surface area contributed by atoms with Gasteiger partial charge in [0.15, 0.2) is 0 Å². The maximum absolute atomic E-state index is 11.5. The maximum atomic E-state index is 11.5. The summed E-state index contributed by atoms with van der Waals surface area (Å²) in [5.41, 5.74) is 0. The Bertz CT molecular complexity index is 263. The predicted molar refractivity (Wildman–Crippen MR) is 72.7 cm³/mol. The Hall–Kier alpha value is -0.770. The second-order valence-electron chi connectivity index (χ2n) is 5.19. The molecule has 1 aliphatic rings. The summed E-state index contributed by atoms with van der Waals surface area (Å²) in [6.07, 6.45) is 13.1. The molecule has 17 heavy (non-hydrogen) atoms. The first-order valence-electron chi connectivity index (χ1n) is 7.37. The number of rotatable bonds is 6. The van der Waals surface area contributed by atoms with E-state index in [1.54, 1.807) is 0 Å². The zero-order valence-corrected chi connectivity index (χ0v) is 11.3. The van der Waals surface area contributed by atoms with E-state index in [2.05, 4.69) is 18.8 Å². The normalized spacial score (nSPS) is 16.3. The number of Topliss-reactive ketones (excluding diaryl/α,β-unsaturated/α-hetero) is 1. The minimum atomic E-state index is 0.159. The van der Waals surface area contributed by atoms with Gasteiger partial charge in [0, 0.05) is 12.3 Å². The predicted octanol–water partition coefficient (Wildman–Crippen LogP) is 4.50. The van der Waals surface area contributed by atoms with E-state index in [0.29, 0.717) is 12.3 Å². The van der Waals surface area contributed by atoms with Crippen molar-refractivity contribution >= 4 is 5.78 Å². The SMILES string of the molecule is CCCCCCCC(=O)C#CC1CCCCC1. The van der Waals surface area contributed by atoms with Gasteiger partial charge < -0.3 is 0 Å². The number of unbranched alkanes of at least 4 members (excludes halogenated alkanes) is 4. The maximum Gasteiger partial charge on any atom is 0.205 e. The number of carbonyl (C=O) groups is 1. The van der Waals surface area contributed by atoms with Gasteiger partial charge in [-0.15, -0.1) is 0 Å². The Morgan fingerprint density at radius 1 is 1.06 bits per heavy atom. The molecule has 0 amide bonds.